The second kappa shape index (κ2) is 7.87. The summed E-state index contributed by atoms with van der Waals surface area (Å²) in [6.45, 7) is 4.74. The molecule has 3 N–H and O–H groups in total. The van der Waals surface area contributed by atoms with Crippen LogP contribution in [0.25, 0.3) is 0 Å². The summed E-state index contributed by atoms with van der Waals surface area (Å²) in [6, 6.07) is 8.51. The van der Waals surface area contributed by atoms with Gasteiger partial charge in [0.2, 0.25) is 5.91 Å². The van der Waals surface area contributed by atoms with Crippen LogP contribution in [0.4, 0.5) is 0 Å². The standard InChI is InChI=1S/C21H31N3O3/c22-8-12-27-19-13-18(25)21(19)6-10-24(11-7-21)20(26)15-23-9-5-16-3-1-2-4-17(16)14-23/h1-4,18-19,25H,5-15,22H2. The number of fused-ring (bicyclic) bond motifs is 1. The zero-order valence-electron chi connectivity index (χ0n) is 16.0. The van der Waals surface area contributed by atoms with E-state index in [4.69, 9.17) is 10.5 Å². The van der Waals surface area contributed by atoms with Crippen molar-refractivity contribution in [2.75, 3.05) is 39.3 Å². The van der Waals surface area contributed by atoms with Gasteiger partial charge in [0, 0.05) is 44.6 Å². The van der Waals surface area contributed by atoms with Crippen LogP contribution in [0.15, 0.2) is 24.3 Å². The van der Waals surface area contributed by atoms with Gasteiger partial charge in [0.1, 0.15) is 0 Å². The van der Waals surface area contributed by atoms with E-state index in [9.17, 15) is 9.90 Å². The Bertz CT molecular complexity index is 672. The van der Waals surface area contributed by atoms with Gasteiger partial charge in [-0.2, -0.15) is 0 Å². The topological polar surface area (TPSA) is 79.0 Å². The number of benzene rings is 1. The monoisotopic (exact) mass is 373 g/mol. The third-order valence-corrected chi connectivity index (χ3v) is 6.79. The molecule has 1 aliphatic carbocycles. The van der Waals surface area contributed by atoms with Crippen LogP contribution >= 0.6 is 0 Å². The van der Waals surface area contributed by atoms with E-state index in [1.165, 1.54) is 11.1 Å². The van der Waals surface area contributed by atoms with E-state index >= 15 is 0 Å². The number of ether oxygens (including phenoxy) is 1. The minimum absolute atomic E-state index is 0.0897. The van der Waals surface area contributed by atoms with Crippen LogP contribution in [0.3, 0.4) is 0 Å². The normalized spacial score (nSPS) is 27.3. The Morgan fingerprint density at radius 1 is 1.22 bits per heavy atom. The molecule has 148 valence electrons. The van der Waals surface area contributed by atoms with Crippen LogP contribution in [-0.4, -0.2) is 72.4 Å². The van der Waals surface area contributed by atoms with Crippen LogP contribution in [0, 0.1) is 5.41 Å². The van der Waals surface area contributed by atoms with Gasteiger partial charge in [-0.15, -0.1) is 0 Å². The maximum Gasteiger partial charge on any atom is 0.236 e. The van der Waals surface area contributed by atoms with E-state index in [1.807, 2.05) is 4.90 Å². The average molecular weight is 373 g/mol. The lowest BCUT2D eigenvalue weighted by Gasteiger charge is -2.56. The first-order valence-corrected chi connectivity index (χ1v) is 10.2. The highest BCUT2D eigenvalue weighted by atomic mass is 16.5. The third kappa shape index (κ3) is 3.63. The molecule has 3 aliphatic rings. The summed E-state index contributed by atoms with van der Waals surface area (Å²) < 4.78 is 5.84. The molecular weight excluding hydrogens is 342 g/mol. The lowest BCUT2D eigenvalue weighted by molar-refractivity contribution is -0.210. The largest absolute Gasteiger partial charge is 0.392 e. The number of nitrogens with two attached hydrogens (primary N) is 1. The number of aliphatic hydroxyl groups excluding tert-OH is 1. The number of carbonyl (C=O) groups excluding carboxylic acids is 1. The summed E-state index contributed by atoms with van der Waals surface area (Å²) in [6.07, 6.45) is 3.12. The molecule has 6 nitrogen and oxygen atoms in total. The van der Waals surface area contributed by atoms with Gasteiger partial charge in [0.15, 0.2) is 0 Å². The first-order chi connectivity index (χ1) is 13.1. The molecule has 0 aromatic heterocycles. The molecule has 1 saturated carbocycles. The number of carbonyl (C=O) groups is 1. The maximum atomic E-state index is 12.8. The van der Waals surface area contributed by atoms with Crippen molar-refractivity contribution >= 4 is 5.91 Å². The lowest BCUT2D eigenvalue weighted by Crippen LogP contribution is -2.63. The Morgan fingerprint density at radius 2 is 1.96 bits per heavy atom. The Kier molecular flexibility index (Phi) is 5.50. The third-order valence-electron chi connectivity index (χ3n) is 6.79. The zero-order valence-corrected chi connectivity index (χ0v) is 16.0. The van der Waals surface area contributed by atoms with Crippen molar-refractivity contribution in [3.63, 3.8) is 0 Å². The molecule has 1 spiro atoms. The van der Waals surface area contributed by atoms with Crippen LogP contribution in [0.5, 0.6) is 0 Å². The smallest absolute Gasteiger partial charge is 0.236 e. The Labute approximate surface area is 161 Å². The van der Waals surface area contributed by atoms with Crippen molar-refractivity contribution in [3.8, 4) is 0 Å². The predicted molar refractivity (Wildman–Crippen MR) is 103 cm³/mol. The molecule has 2 aliphatic heterocycles. The summed E-state index contributed by atoms with van der Waals surface area (Å²) in [5.41, 5.74) is 8.12. The minimum Gasteiger partial charge on any atom is -0.392 e. The lowest BCUT2D eigenvalue weighted by atomic mass is 9.58. The van der Waals surface area contributed by atoms with Crippen molar-refractivity contribution in [2.45, 2.75) is 44.4 Å². The maximum absolute atomic E-state index is 12.8. The Hall–Kier alpha value is -1.47. The van der Waals surface area contributed by atoms with E-state index in [0.717, 1.165) is 32.4 Å². The van der Waals surface area contributed by atoms with E-state index in [2.05, 4.69) is 29.2 Å². The molecule has 0 bridgehead atoms. The summed E-state index contributed by atoms with van der Waals surface area (Å²) in [5, 5.41) is 10.3. The molecule has 2 atom stereocenters. The van der Waals surface area contributed by atoms with E-state index < -0.39 is 0 Å². The molecule has 2 fully saturated rings. The van der Waals surface area contributed by atoms with Gasteiger partial charge >= 0.3 is 0 Å². The highest BCUT2D eigenvalue weighted by molar-refractivity contribution is 5.78. The van der Waals surface area contributed by atoms with Gasteiger partial charge in [-0.3, -0.25) is 9.69 Å². The summed E-state index contributed by atoms with van der Waals surface area (Å²) in [7, 11) is 0. The van der Waals surface area contributed by atoms with Crippen molar-refractivity contribution in [2.24, 2.45) is 11.1 Å². The molecule has 2 heterocycles. The number of amides is 1. The number of nitrogens with zero attached hydrogens (tertiary/aromatic N) is 2. The summed E-state index contributed by atoms with van der Waals surface area (Å²) in [4.78, 5) is 17.0. The molecule has 1 saturated heterocycles. The molecule has 1 aromatic carbocycles. The van der Waals surface area contributed by atoms with Crippen LogP contribution in [0.2, 0.25) is 0 Å². The van der Waals surface area contributed by atoms with Crippen LogP contribution < -0.4 is 5.73 Å². The molecule has 27 heavy (non-hydrogen) atoms. The number of likely N-dealkylation sites (tertiary alicyclic amines) is 1. The summed E-state index contributed by atoms with van der Waals surface area (Å²) >= 11 is 0. The zero-order chi connectivity index (χ0) is 18.9. The van der Waals surface area contributed by atoms with Gasteiger partial charge in [-0.05, 0) is 30.4 Å². The predicted octanol–water partition coefficient (Wildman–Crippen LogP) is 0.762. The van der Waals surface area contributed by atoms with Crippen molar-refractivity contribution in [3.05, 3.63) is 35.4 Å². The second-order valence-corrected chi connectivity index (χ2v) is 8.24. The fourth-order valence-corrected chi connectivity index (χ4v) is 4.98. The highest BCUT2D eigenvalue weighted by Gasteiger charge is 2.56. The molecule has 1 amide bonds. The molecule has 6 heteroatoms. The highest BCUT2D eigenvalue weighted by Crippen LogP contribution is 2.50. The van der Waals surface area contributed by atoms with E-state index in [0.29, 0.717) is 39.2 Å². The summed E-state index contributed by atoms with van der Waals surface area (Å²) in [5.74, 6) is 0.206. The van der Waals surface area contributed by atoms with E-state index in [1.54, 1.807) is 0 Å². The number of hydrogen-bond donors (Lipinski definition) is 2. The number of rotatable bonds is 5. The Morgan fingerprint density at radius 3 is 2.67 bits per heavy atom. The van der Waals surface area contributed by atoms with Gasteiger partial charge in [-0.1, -0.05) is 24.3 Å². The molecular formula is C21H31N3O3. The fraction of sp³-hybridized carbons (Fsp3) is 0.667. The minimum atomic E-state index is -0.309. The van der Waals surface area contributed by atoms with E-state index in [-0.39, 0.29) is 23.5 Å². The number of piperidine rings is 1. The van der Waals surface area contributed by atoms with Gasteiger partial charge in [-0.25, -0.2) is 0 Å². The SMILES string of the molecule is NCCOC1CC(O)C12CCN(C(=O)CN1CCc3ccccc3C1)CC2. The number of hydrogen-bond acceptors (Lipinski definition) is 5. The van der Waals surface area contributed by atoms with Gasteiger partial charge in [0.05, 0.1) is 25.4 Å². The van der Waals surface area contributed by atoms with Gasteiger partial charge in [0.25, 0.3) is 0 Å². The van der Waals surface area contributed by atoms with Crippen LogP contribution in [0.1, 0.15) is 30.4 Å². The fourth-order valence-electron chi connectivity index (χ4n) is 4.98. The first-order valence-electron chi connectivity index (χ1n) is 10.2. The second-order valence-electron chi connectivity index (χ2n) is 8.24. The van der Waals surface area contributed by atoms with Crippen LogP contribution in [-0.2, 0) is 22.5 Å². The van der Waals surface area contributed by atoms with Crippen molar-refractivity contribution in [1.82, 2.24) is 9.80 Å². The average Bonchev–Trinajstić information content (AvgIpc) is 2.71. The molecule has 0 radical (unpaired) electrons. The molecule has 2 unspecified atom stereocenters. The number of aliphatic hydroxyl groups is 1. The van der Waals surface area contributed by atoms with Gasteiger partial charge < -0.3 is 20.5 Å². The first kappa shape index (κ1) is 18.9. The van der Waals surface area contributed by atoms with Crippen molar-refractivity contribution in [1.29, 1.82) is 0 Å². The van der Waals surface area contributed by atoms with Crippen molar-refractivity contribution < 1.29 is 14.6 Å². The quantitative estimate of drug-likeness (QED) is 0.797. The Balaban J connectivity index is 1.29. The molecule has 1 aromatic rings. The molecule has 4 rings (SSSR count).